The minimum absolute atomic E-state index is 0.176. The maximum atomic E-state index is 9.33. The number of aliphatic hydroxyl groups excluding tert-OH is 1. The highest BCUT2D eigenvalue weighted by molar-refractivity contribution is 5.50. The molecule has 1 unspecified atom stereocenters. The van der Waals surface area contributed by atoms with Crippen LogP contribution in [0.5, 0.6) is 0 Å². The Bertz CT molecular complexity index is 935. The van der Waals surface area contributed by atoms with Gasteiger partial charge in [-0.1, -0.05) is 78.9 Å². The maximum absolute atomic E-state index is 9.33. The highest BCUT2D eigenvalue weighted by atomic mass is 16.5. The van der Waals surface area contributed by atoms with Gasteiger partial charge in [0.1, 0.15) is 6.23 Å². The first kappa shape index (κ1) is 19.6. The first-order chi connectivity index (χ1) is 14.2. The number of hydrogen-bond donors (Lipinski definition) is 4. The third kappa shape index (κ3) is 4.63. The Balaban J connectivity index is 1.53. The first-order valence-corrected chi connectivity index (χ1v) is 9.98. The molecule has 0 bridgehead atoms. The standard InChI is InChI=1S/C25H26N2O2/c28-24(27-29)16-13-18-9-11-19(12-10-18)17-26-25-22-7-3-1-5-20(22)14-15-21-6-2-4-8-23(21)25/h1-13,16,24-29H,14-15,17H2/b16-13+. The first-order valence-electron chi connectivity index (χ1n) is 9.98. The van der Waals surface area contributed by atoms with Crippen molar-refractivity contribution < 1.29 is 10.3 Å². The van der Waals surface area contributed by atoms with E-state index in [1.165, 1.54) is 33.9 Å². The lowest BCUT2D eigenvalue weighted by Gasteiger charge is -2.22. The summed E-state index contributed by atoms with van der Waals surface area (Å²) in [5.41, 5.74) is 9.50. The molecule has 0 heterocycles. The Hall–Kier alpha value is -2.76. The fraction of sp³-hybridized carbons (Fsp3) is 0.200. The molecule has 4 heteroatoms. The van der Waals surface area contributed by atoms with Crippen molar-refractivity contribution in [1.29, 1.82) is 0 Å². The monoisotopic (exact) mass is 386 g/mol. The van der Waals surface area contributed by atoms with E-state index in [4.69, 9.17) is 5.21 Å². The Morgan fingerprint density at radius 1 is 0.862 bits per heavy atom. The number of rotatable bonds is 6. The molecule has 0 aromatic heterocycles. The van der Waals surface area contributed by atoms with Crippen molar-refractivity contribution in [2.75, 3.05) is 0 Å². The fourth-order valence-corrected chi connectivity index (χ4v) is 3.96. The Kier molecular flexibility index (Phi) is 6.17. The highest BCUT2D eigenvalue weighted by Gasteiger charge is 2.22. The molecule has 0 amide bonds. The van der Waals surface area contributed by atoms with Crippen LogP contribution < -0.4 is 10.8 Å². The zero-order chi connectivity index (χ0) is 20.1. The second kappa shape index (κ2) is 9.16. The van der Waals surface area contributed by atoms with Crippen molar-refractivity contribution in [3.05, 3.63) is 112 Å². The number of hydrogen-bond acceptors (Lipinski definition) is 4. The Morgan fingerprint density at radius 2 is 1.45 bits per heavy atom. The van der Waals surface area contributed by atoms with Crippen molar-refractivity contribution >= 4 is 6.08 Å². The molecule has 1 atom stereocenters. The second-order valence-electron chi connectivity index (χ2n) is 7.39. The Morgan fingerprint density at radius 3 is 2.03 bits per heavy atom. The fourth-order valence-electron chi connectivity index (χ4n) is 3.96. The summed E-state index contributed by atoms with van der Waals surface area (Å²) in [6.45, 7) is 0.762. The molecule has 3 aromatic carbocycles. The van der Waals surface area contributed by atoms with Crippen LogP contribution in [0.4, 0.5) is 0 Å². The van der Waals surface area contributed by atoms with E-state index in [1.54, 1.807) is 11.6 Å². The van der Waals surface area contributed by atoms with Gasteiger partial charge in [-0.3, -0.25) is 0 Å². The predicted molar refractivity (Wildman–Crippen MR) is 115 cm³/mol. The van der Waals surface area contributed by atoms with Gasteiger partial charge in [0, 0.05) is 6.54 Å². The van der Waals surface area contributed by atoms with E-state index < -0.39 is 6.23 Å². The maximum Gasteiger partial charge on any atom is 0.146 e. The van der Waals surface area contributed by atoms with Crippen LogP contribution in [0, 0.1) is 0 Å². The quantitative estimate of drug-likeness (QED) is 0.382. The van der Waals surface area contributed by atoms with Gasteiger partial charge in [-0.25, -0.2) is 0 Å². The third-order valence-electron chi connectivity index (χ3n) is 5.49. The predicted octanol–water partition coefficient (Wildman–Crippen LogP) is 3.97. The van der Waals surface area contributed by atoms with Crippen LogP contribution >= 0.6 is 0 Å². The Labute approximate surface area is 171 Å². The van der Waals surface area contributed by atoms with Crippen molar-refractivity contribution in [2.24, 2.45) is 0 Å². The number of fused-ring (bicyclic) bond motifs is 2. The van der Waals surface area contributed by atoms with E-state index in [9.17, 15) is 5.11 Å². The van der Waals surface area contributed by atoms with Gasteiger partial charge in [0.05, 0.1) is 6.04 Å². The number of nitrogens with one attached hydrogen (secondary N) is 2. The van der Waals surface area contributed by atoms with Crippen molar-refractivity contribution in [3.63, 3.8) is 0 Å². The summed E-state index contributed by atoms with van der Waals surface area (Å²) in [4.78, 5) is 0. The lowest BCUT2D eigenvalue weighted by atomic mass is 9.94. The minimum Gasteiger partial charge on any atom is -0.373 e. The van der Waals surface area contributed by atoms with Crippen LogP contribution in [-0.4, -0.2) is 16.5 Å². The van der Waals surface area contributed by atoms with Gasteiger partial charge >= 0.3 is 0 Å². The smallest absolute Gasteiger partial charge is 0.146 e. The van der Waals surface area contributed by atoms with Crippen LogP contribution in [0.1, 0.15) is 39.4 Å². The molecule has 0 radical (unpaired) electrons. The molecule has 4 nitrogen and oxygen atoms in total. The van der Waals surface area contributed by atoms with Gasteiger partial charge in [0.25, 0.3) is 0 Å². The molecule has 4 N–H and O–H groups in total. The zero-order valence-corrected chi connectivity index (χ0v) is 16.3. The van der Waals surface area contributed by atoms with E-state index in [0.29, 0.717) is 0 Å². The lowest BCUT2D eigenvalue weighted by Crippen LogP contribution is -2.23. The molecule has 0 saturated carbocycles. The summed E-state index contributed by atoms with van der Waals surface area (Å²) in [6, 6.07) is 25.8. The van der Waals surface area contributed by atoms with Crippen LogP contribution in [0.15, 0.2) is 78.9 Å². The zero-order valence-electron chi connectivity index (χ0n) is 16.3. The number of aryl methyl sites for hydroxylation is 2. The van der Waals surface area contributed by atoms with Crippen LogP contribution in [0.3, 0.4) is 0 Å². The second-order valence-corrected chi connectivity index (χ2v) is 7.39. The van der Waals surface area contributed by atoms with Crippen LogP contribution in [0.25, 0.3) is 6.08 Å². The SMILES string of the molecule is ONC(O)/C=C/c1ccc(CNC2c3ccccc3CCc3ccccc32)cc1. The van der Waals surface area contributed by atoms with Crippen molar-refractivity contribution in [2.45, 2.75) is 31.7 Å². The molecule has 0 fully saturated rings. The number of aliphatic hydroxyl groups is 1. The van der Waals surface area contributed by atoms with E-state index in [0.717, 1.165) is 24.9 Å². The van der Waals surface area contributed by atoms with E-state index in [1.807, 2.05) is 12.1 Å². The molecule has 1 aliphatic rings. The summed E-state index contributed by atoms with van der Waals surface area (Å²) in [6.07, 6.45) is 4.34. The molecular weight excluding hydrogens is 360 g/mol. The normalized spacial score (nSPS) is 15.0. The molecule has 148 valence electrons. The molecular formula is C25H26N2O2. The van der Waals surface area contributed by atoms with Gasteiger partial charge in [-0.15, -0.1) is 0 Å². The minimum atomic E-state index is -1.06. The van der Waals surface area contributed by atoms with Gasteiger partial charge in [-0.05, 0) is 52.3 Å². The van der Waals surface area contributed by atoms with Gasteiger partial charge in [0.2, 0.25) is 0 Å². The largest absolute Gasteiger partial charge is 0.373 e. The summed E-state index contributed by atoms with van der Waals surface area (Å²) >= 11 is 0. The third-order valence-corrected chi connectivity index (χ3v) is 5.49. The van der Waals surface area contributed by atoms with Crippen molar-refractivity contribution in [3.8, 4) is 0 Å². The van der Waals surface area contributed by atoms with Gasteiger partial charge < -0.3 is 15.6 Å². The molecule has 0 spiro atoms. The summed E-state index contributed by atoms with van der Waals surface area (Å²) in [5, 5.41) is 21.7. The molecule has 3 aromatic rings. The highest BCUT2D eigenvalue weighted by Crippen LogP contribution is 2.32. The molecule has 4 rings (SSSR count). The van der Waals surface area contributed by atoms with Gasteiger partial charge in [-0.2, -0.15) is 5.48 Å². The topological polar surface area (TPSA) is 64.5 Å². The van der Waals surface area contributed by atoms with Crippen LogP contribution in [-0.2, 0) is 19.4 Å². The molecule has 29 heavy (non-hydrogen) atoms. The van der Waals surface area contributed by atoms with Crippen molar-refractivity contribution in [1.82, 2.24) is 10.8 Å². The average molecular weight is 386 g/mol. The average Bonchev–Trinajstić information content (AvgIpc) is 2.93. The molecule has 0 saturated heterocycles. The van der Waals surface area contributed by atoms with E-state index >= 15 is 0 Å². The molecule has 1 aliphatic carbocycles. The summed E-state index contributed by atoms with van der Waals surface area (Å²) in [7, 11) is 0. The number of benzene rings is 3. The van der Waals surface area contributed by atoms with E-state index in [-0.39, 0.29) is 6.04 Å². The lowest BCUT2D eigenvalue weighted by molar-refractivity contribution is 0.0323. The molecule has 0 aliphatic heterocycles. The summed E-state index contributed by atoms with van der Waals surface area (Å²) < 4.78 is 0. The van der Waals surface area contributed by atoms with Gasteiger partial charge in [0.15, 0.2) is 0 Å². The number of hydroxylamine groups is 1. The summed E-state index contributed by atoms with van der Waals surface area (Å²) in [5.74, 6) is 0. The van der Waals surface area contributed by atoms with E-state index in [2.05, 4.69) is 66.0 Å². The van der Waals surface area contributed by atoms with Crippen LogP contribution in [0.2, 0.25) is 0 Å².